The van der Waals surface area contributed by atoms with Crippen LogP contribution in [-0.4, -0.2) is 39.8 Å². The molecule has 2 N–H and O–H groups in total. The number of benzene rings is 1. The average Bonchev–Trinajstić information content (AvgIpc) is 2.97. The number of nitrogens with zero attached hydrogens (tertiary/aromatic N) is 3. The Bertz CT molecular complexity index is 740. The molecule has 1 saturated heterocycles. The number of hydrogen-bond acceptors (Lipinski definition) is 3. The molecule has 8 heteroatoms. The highest BCUT2D eigenvalue weighted by molar-refractivity contribution is 5.89. The largest absolute Gasteiger partial charge is 0.335 e. The molecule has 6 nitrogen and oxygen atoms in total. The molecule has 3 rings (SSSR count). The van der Waals surface area contributed by atoms with Gasteiger partial charge in [0.15, 0.2) is 11.6 Å². The standard InChI is InChI=1S/C17H21F2N5O/c1-23-11-14(9-20-23)22-17(25)21-13-4-6-24(7-5-13)10-12-2-3-15(18)16(19)8-12/h2-3,8-9,11,13H,4-7,10H2,1H3,(H2,21,22,25). The number of anilines is 1. The van der Waals surface area contributed by atoms with Crippen molar-refractivity contribution in [2.75, 3.05) is 18.4 Å². The molecule has 1 aliphatic heterocycles. The van der Waals surface area contributed by atoms with E-state index in [-0.39, 0.29) is 12.1 Å². The van der Waals surface area contributed by atoms with E-state index < -0.39 is 11.6 Å². The van der Waals surface area contributed by atoms with Crippen LogP contribution in [0, 0.1) is 11.6 Å². The molecule has 0 spiro atoms. The molecule has 134 valence electrons. The van der Waals surface area contributed by atoms with Crippen molar-refractivity contribution in [1.82, 2.24) is 20.0 Å². The number of hydrogen-bond donors (Lipinski definition) is 2. The minimum absolute atomic E-state index is 0.0953. The molecule has 0 bridgehead atoms. The fraction of sp³-hybridized carbons (Fsp3) is 0.412. The summed E-state index contributed by atoms with van der Waals surface area (Å²) in [5, 5.41) is 9.70. The van der Waals surface area contributed by atoms with E-state index in [2.05, 4.69) is 20.6 Å². The lowest BCUT2D eigenvalue weighted by atomic mass is 10.0. The first kappa shape index (κ1) is 17.3. The van der Waals surface area contributed by atoms with E-state index in [0.29, 0.717) is 12.2 Å². The molecule has 0 aliphatic carbocycles. The molecule has 1 aromatic heterocycles. The Kier molecular flexibility index (Phi) is 5.28. The van der Waals surface area contributed by atoms with Crippen molar-refractivity contribution < 1.29 is 13.6 Å². The molecule has 0 unspecified atom stereocenters. The van der Waals surface area contributed by atoms with Crippen LogP contribution in [0.5, 0.6) is 0 Å². The van der Waals surface area contributed by atoms with Gasteiger partial charge in [-0.05, 0) is 30.5 Å². The number of rotatable bonds is 4. The van der Waals surface area contributed by atoms with Crippen LogP contribution in [0.4, 0.5) is 19.3 Å². The number of urea groups is 1. The summed E-state index contributed by atoms with van der Waals surface area (Å²) < 4.78 is 27.9. The number of aryl methyl sites for hydroxylation is 1. The Morgan fingerprint density at radius 1 is 1.28 bits per heavy atom. The van der Waals surface area contributed by atoms with Crippen molar-refractivity contribution in [3.05, 3.63) is 47.8 Å². The van der Waals surface area contributed by atoms with Crippen LogP contribution in [0.1, 0.15) is 18.4 Å². The highest BCUT2D eigenvalue weighted by Gasteiger charge is 2.21. The molecule has 2 aromatic rings. The Hall–Kier alpha value is -2.48. The lowest BCUT2D eigenvalue weighted by Crippen LogP contribution is -2.45. The second kappa shape index (κ2) is 7.60. The van der Waals surface area contributed by atoms with Crippen LogP contribution < -0.4 is 10.6 Å². The third-order valence-electron chi connectivity index (χ3n) is 4.28. The summed E-state index contributed by atoms with van der Waals surface area (Å²) in [6.07, 6.45) is 4.93. The number of halogens is 2. The first-order valence-electron chi connectivity index (χ1n) is 8.22. The van der Waals surface area contributed by atoms with Gasteiger partial charge in [-0.3, -0.25) is 9.58 Å². The maximum Gasteiger partial charge on any atom is 0.319 e. The van der Waals surface area contributed by atoms with Gasteiger partial charge in [-0.2, -0.15) is 5.10 Å². The molecule has 25 heavy (non-hydrogen) atoms. The third-order valence-corrected chi connectivity index (χ3v) is 4.28. The van der Waals surface area contributed by atoms with Gasteiger partial charge in [-0.1, -0.05) is 6.07 Å². The van der Waals surface area contributed by atoms with Crippen molar-refractivity contribution in [3.63, 3.8) is 0 Å². The maximum atomic E-state index is 13.3. The van der Waals surface area contributed by atoms with Gasteiger partial charge in [-0.15, -0.1) is 0 Å². The molecule has 0 saturated carbocycles. The molecule has 1 fully saturated rings. The van der Waals surface area contributed by atoms with E-state index >= 15 is 0 Å². The fourth-order valence-electron chi connectivity index (χ4n) is 2.97. The van der Waals surface area contributed by atoms with E-state index in [0.717, 1.165) is 37.6 Å². The lowest BCUT2D eigenvalue weighted by Gasteiger charge is -2.32. The monoisotopic (exact) mass is 349 g/mol. The smallest absolute Gasteiger partial charge is 0.319 e. The Morgan fingerprint density at radius 3 is 2.68 bits per heavy atom. The zero-order valence-electron chi connectivity index (χ0n) is 14.0. The first-order valence-corrected chi connectivity index (χ1v) is 8.22. The summed E-state index contributed by atoms with van der Waals surface area (Å²) >= 11 is 0. The minimum Gasteiger partial charge on any atom is -0.335 e. The topological polar surface area (TPSA) is 62.2 Å². The van der Waals surface area contributed by atoms with E-state index in [9.17, 15) is 13.6 Å². The second-order valence-corrected chi connectivity index (χ2v) is 6.30. The van der Waals surface area contributed by atoms with Crippen molar-refractivity contribution >= 4 is 11.7 Å². The van der Waals surface area contributed by atoms with Crippen molar-refractivity contribution in [1.29, 1.82) is 0 Å². The number of nitrogens with one attached hydrogen (secondary N) is 2. The predicted octanol–water partition coefficient (Wildman–Crippen LogP) is 2.48. The van der Waals surface area contributed by atoms with E-state index in [1.807, 2.05) is 0 Å². The summed E-state index contributed by atoms with van der Waals surface area (Å²) in [7, 11) is 1.78. The first-order chi connectivity index (χ1) is 12.0. The van der Waals surface area contributed by atoms with Gasteiger partial charge in [-0.25, -0.2) is 13.6 Å². The zero-order valence-corrected chi connectivity index (χ0v) is 14.0. The van der Waals surface area contributed by atoms with Crippen molar-refractivity contribution in [3.8, 4) is 0 Å². The number of likely N-dealkylation sites (tertiary alicyclic amines) is 1. The number of amides is 2. The van der Waals surface area contributed by atoms with Gasteiger partial charge >= 0.3 is 6.03 Å². The Morgan fingerprint density at radius 2 is 2.04 bits per heavy atom. The summed E-state index contributed by atoms with van der Waals surface area (Å²) in [5.74, 6) is -1.65. The number of carbonyl (C=O) groups is 1. The molecule has 2 amide bonds. The minimum atomic E-state index is -0.828. The van der Waals surface area contributed by atoms with Crippen LogP contribution in [-0.2, 0) is 13.6 Å². The summed E-state index contributed by atoms with van der Waals surface area (Å²) in [4.78, 5) is 14.2. The second-order valence-electron chi connectivity index (χ2n) is 6.30. The predicted molar refractivity (Wildman–Crippen MR) is 90.0 cm³/mol. The molecular formula is C17H21F2N5O. The van der Waals surface area contributed by atoms with Crippen molar-refractivity contribution in [2.24, 2.45) is 7.05 Å². The van der Waals surface area contributed by atoms with Crippen LogP contribution in [0.2, 0.25) is 0 Å². The quantitative estimate of drug-likeness (QED) is 0.891. The van der Waals surface area contributed by atoms with Gasteiger partial charge in [0.25, 0.3) is 0 Å². The SMILES string of the molecule is Cn1cc(NC(=O)NC2CCN(Cc3ccc(F)c(F)c3)CC2)cn1. The van der Waals surface area contributed by atoms with E-state index in [4.69, 9.17) is 0 Å². The van der Waals surface area contributed by atoms with Gasteiger partial charge in [0.05, 0.1) is 11.9 Å². The van der Waals surface area contributed by atoms with Gasteiger partial charge < -0.3 is 10.6 Å². The summed E-state index contributed by atoms with van der Waals surface area (Å²) in [6, 6.07) is 3.84. The third kappa shape index (κ3) is 4.76. The average molecular weight is 349 g/mol. The highest BCUT2D eigenvalue weighted by atomic mass is 19.2. The molecule has 0 radical (unpaired) electrons. The van der Waals surface area contributed by atoms with E-state index in [1.165, 1.54) is 6.07 Å². The number of carbonyl (C=O) groups excluding carboxylic acids is 1. The number of piperidine rings is 1. The zero-order chi connectivity index (χ0) is 17.8. The molecule has 2 heterocycles. The van der Waals surface area contributed by atoms with Gasteiger partial charge in [0.2, 0.25) is 0 Å². The Balaban J connectivity index is 1.43. The van der Waals surface area contributed by atoms with Crippen LogP contribution in [0.15, 0.2) is 30.6 Å². The van der Waals surface area contributed by atoms with Crippen LogP contribution in [0.25, 0.3) is 0 Å². The number of aromatic nitrogens is 2. The van der Waals surface area contributed by atoms with Crippen molar-refractivity contribution in [2.45, 2.75) is 25.4 Å². The van der Waals surface area contributed by atoms with Gasteiger partial charge in [0, 0.05) is 38.9 Å². The maximum absolute atomic E-state index is 13.3. The molecular weight excluding hydrogens is 328 g/mol. The fourth-order valence-corrected chi connectivity index (χ4v) is 2.97. The summed E-state index contributed by atoms with van der Waals surface area (Å²) in [5.41, 5.74) is 1.40. The molecule has 1 aliphatic rings. The van der Waals surface area contributed by atoms with Gasteiger partial charge in [0.1, 0.15) is 0 Å². The summed E-state index contributed by atoms with van der Waals surface area (Å²) in [6.45, 7) is 2.15. The highest BCUT2D eigenvalue weighted by Crippen LogP contribution is 2.16. The lowest BCUT2D eigenvalue weighted by molar-refractivity contribution is 0.189. The normalized spacial score (nSPS) is 16.0. The Labute approximate surface area is 144 Å². The van der Waals surface area contributed by atoms with E-state index in [1.54, 1.807) is 30.2 Å². The molecule has 1 aromatic carbocycles. The van der Waals surface area contributed by atoms with Crippen LogP contribution in [0.3, 0.4) is 0 Å². The molecule has 0 atom stereocenters. The van der Waals surface area contributed by atoms with Crippen LogP contribution >= 0.6 is 0 Å².